The summed E-state index contributed by atoms with van der Waals surface area (Å²) in [7, 11) is -3.64. The molecular weight excluding hydrogens is 344 g/mol. The van der Waals surface area contributed by atoms with Crippen molar-refractivity contribution in [3.8, 4) is 0 Å². The second-order valence-corrected chi connectivity index (χ2v) is 8.40. The number of benzene rings is 2. The summed E-state index contributed by atoms with van der Waals surface area (Å²) < 4.78 is 28.9. The van der Waals surface area contributed by atoms with Crippen LogP contribution < -0.4 is 9.62 Å². The van der Waals surface area contributed by atoms with Gasteiger partial charge >= 0.3 is 0 Å². The molecule has 0 aliphatic rings. The molecule has 0 aliphatic carbocycles. The molecule has 0 bridgehead atoms. The summed E-state index contributed by atoms with van der Waals surface area (Å²) >= 11 is 0. The van der Waals surface area contributed by atoms with E-state index < -0.39 is 10.0 Å². The molecule has 0 spiro atoms. The molecule has 5 heteroatoms. The van der Waals surface area contributed by atoms with Gasteiger partial charge in [-0.2, -0.15) is 0 Å². The summed E-state index contributed by atoms with van der Waals surface area (Å²) in [6.07, 6.45) is 0. The van der Waals surface area contributed by atoms with Crippen LogP contribution in [-0.2, 0) is 10.0 Å². The predicted octanol–water partition coefficient (Wildman–Crippen LogP) is 4.88. The highest BCUT2D eigenvalue weighted by molar-refractivity contribution is 7.92. The first-order chi connectivity index (χ1) is 12.1. The molecular formula is C21H30N2O2S. The van der Waals surface area contributed by atoms with Crippen molar-refractivity contribution in [3.63, 3.8) is 0 Å². The zero-order valence-electron chi connectivity index (χ0n) is 16.9. The van der Waals surface area contributed by atoms with Gasteiger partial charge in [-0.3, -0.25) is 4.72 Å². The normalized spacial score (nSPS) is 11.5. The second-order valence-electron chi connectivity index (χ2n) is 6.78. The summed E-state index contributed by atoms with van der Waals surface area (Å²) in [5.74, 6) is 0. The largest absolute Gasteiger partial charge is 0.372 e. The minimum Gasteiger partial charge on any atom is -0.372 e. The van der Waals surface area contributed by atoms with Gasteiger partial charge in [0, 0.05) is 24.5 Å². The van der Waals surface area contributed by atoms with Gasteiger partial charge in [-0.05, 0) is 101 Å². The Morgan fingerprint density at radius 1 is 0.769 bits per heavy atom. The van der Waals surface area contributed by atoms with Crippen molar-refractivity contribution in [2.24, 2.45) is 0 Å². The van der Waals surface area contributed by atoms with E-state index in [1.54, 1.807) is 0 Å². The lowest BCUT2D eigenvalue weighted by Gasteiger charge is -2.22. The monoisotopic (exact) mass is 374 g/mol. The van der Waals surface area contributed by atoms with Crippen molar-refractivity contribution in [1.29, 1.82) is 0 Å². The molecule has 0 saturated heterocycles. The maximum atomic E-state index is 13.1. The van der Waals surface area contributed by atoms with Crippen LogP contribution in [0, 0.1) is 34.6 Å². The molecule has 0 saturated carbocycles. The molecule has 0 heterocycles. The highest BCUT2D eigenvalue weighted by Crippen LogP contribution is 2.31. The van der Waals surface area contributed by atoms with Crippen LogP contribution in [-0.4, -0.2) is 21.5 Å². The summed E-state index contributed by atoms with van der Waals surface area (Å²) in [6, 6.07) is 7.56. The van der Waals surface area contributed by atoms with E-state index in [0.717, 1.165) is 46.6 Å². The Morgan fingerprint density at radius 3 is 1.62 bits per heavy atom. The first-order valence-corrected chi connectivity index (χ1v) is 10.6. The number of nitrogens with zero attached hydrogens (tertiary/aromatic N) is 1. The van der Waals surface area contributed by atoms with Gasteiger partial charge in [0.2, 0.25) is 0 Å². The van der Waals surface area contributed by atoms with Crippen molar-refractivity contribution in [2.45, 2.75) is 53.4 Å². The highest BCUT2D eigenvalue weighted by atomic mass is 32.2. The average molecular weight is 375 g/mol. The quantitative estimate of drug-likeness (QED) is 0.784. The molecule has 0 fully saturated rings. The van der Waals surface area contributed by atoms with Gasteiger partial charge in [-0.1, -0.05) is 0 Å². The molecule has 1 N–H and O–H groups in total. The average Bonchev–Trinajstić information content (AvgIpc) is 2.60. The Morgan fingerprint density at radius 2 is 1.19 bits per heavy atom. The first kappa shape index (κ1) is 20.3. The van der Waals surface area contributed by atoms with E-state index in [1.807, 2.05) is 58.9 Å². The Kier molecular flexibility index (Phi) is 6.02. The highest BCUT2D eigenvalue weighted by Gasteiger charge is 2.23. The number of anilines is 2. The number of hydrogen-bond donors (Lipinski definition) is 1. The van der Waals surface area contributed by atoms with Crippen molar-refractivity contribution in [2.75, 3.05) is 22.7 Å². The van der Waals surface area contributed by atoms with Crippen molar-refractivity contribution in [3.05, 3.63) is 52.1 Å². The Hall–Kier alpha value is -2.01. The molecule has 26 heavy (non-hydrogen) atoms. The number of sulfonamides is 1. The molecule has 0 aromatic heterocycles. The van der Waals surface area contributed by atoms with Crippen LogP contribution in [0.2, 0.25) is 0 Å². The molecule has 2 aromatic carbocycles. The minimum absolute atomic E-state index is 0.394. The van der Waals surface area contributed by atoms with Crippen LogP contribution in [0.4, 0.5) is 11.4 Å². The zero-order chi connectivity index (χ0) is 19.6. The van der Waals surface area contributed by atoms with Gasteiger partial charge in [0.1, 0.15) is 0 Å². The molecule has 2 aromatic rings. The standard InChI is InChI=1S/C21H30N2O2S/c1-8-23(9-2)20-12-10-19(11-13-20)22-26(24,25)21-17(6)15(4)14(3)16(5)18(21)7/h10-13,22H,8-9H2,1-7H3. The number of hydrogen-bond acceptors (Lipinski definition) is 3. The van der Waals surface area contributed by atoms with Crippen LogP contribution in [0.25, 0.3) is 0 Å². The SMILES string of the molecule is CCN(CC)c1ccc(NS(=O)(=O)c2c(C)c(C)c(C)c(C)c2C)cc1. The molecule has 0 unspecified atom stereocenters. The van der Waals surface area contributed by atoms with Crippen molar-refractivity contribution in [1.82, 2.24) is 0 Å². The van der Waals surface area contributed by atoms with Crippen LogP contribution in [0.1, 0.15) is 41.7 Å². The molecule has 2 rings (SSSR count). The fraction of sp³-hybridized carbons (Fsp3) is 0.429. The third-order valence-electron chi connectivity index (χ3n) is 5.45. The van der Waals surface area contributed by atoms with Gasteiger partial charge < -0.3 is 4.90 Å². The van der Waals surface area contributed by atoms with Gasteiger partial charge in [-0.25, -0.2) is 8.42 Å². The summed E-state index contributed by atoms with van der Waals surface area (Å²) in [5, 5.41) is 0. The third-order valence-corrected chi connectivity index (χ3v) is 7.10. The van der Waals surface area contributed by atoms with Crippen LogP contribution in [0.5, 0.6) is 0 Å². The molecule has 0 amide bonds. The first-order valence-electron chi connectivity index (χ1n) is 9.08. The van der Waals surface area contributed by atoms with Crippen molar-refractivity contribution >= 4 is 21.4 Å². The van der Waals surface area contributed by atoms with E-state index >= 15 is 0 Å². The minimum atomic E-state index is -3.64. The Balaban J connectivity index is 2.42. The number of nitrogens with one attached hydrogen (secondary N) is 1. The summed E-state index contributed by atoms with van der Waals surface area (Å²) in [6.45, 7) is 15.8. The number of rotatable bonds is 6. The van der Waals surface area contributed by atoms with E-state index in [1.165, 1.54) is 0 Å². The van der Waals surface area contributed by atoms with E-state index in [0.29, 0.717) is 10.6 Å². The fourth-order valence-electron chi connectivity index (χ4n) is 3.40. The van der Waals surface area contributed by atoms with Crippen LogP contribution in [0.3, 0.4) is 0 Å². The van der Waals surface area contributed by atoms with Gasteiger partial charge in [0.25, 0.3) is 10.0 Å². The summed E-state index contributed by atoms with van der Waals surface area (Å²) in [4.78, 5) is 2.62. The fourth-order valence-corrected chi connectivity index (χ4v) is 5.06. The van der Waals surface area contributed by atoms with Gasteiger partial charge in [0.05, 0.1) is 4.90 Å². The van der Waals surface area contributed by atoms with Crippen molar-refractivity contribution < 1.29 is 8.42 Å². The van der Waals surface area contributed by atoms with Crippen LogP contribution >= 0.6 is 0 Å². The lowest BCUT2D eigenvalue weighted by Crippen LogP contribution is -2.21. The van der Waals surface area contributed by atoms with Crippen LogP contribution in [0.15, 0.2) is 29.2 Å². The maximum absolute atomic E-state index is 13.1. The van der Waals surface area contributed by atoms with E-state index in [4.69, 9.17) is 0 Å². The summed E-state index contributed by atoms with van der Waals surface area (Å²) in [5.41, 5.74) is 6.52. The smallest absolute Gasteiger partial charge is 0.262 e. The topological polar surface area (TPSA) is 49.4 Å². The Bertz CT molecular complexity index is 868. The third kappa shape index (κ3) is 3.73. The molecule has 0 aliphatic heterocycles. The lowest BCUT2D eigenvalue weighted by molar-refractivity contribution is 0.599. The van der Waals surface area contributed by atoms with E-state index in [9.17, 15) is 8.42 Å². The maximum Gasteiger partial charge on any atom is 0.262 e. The Labute approximate surface area is 158 Å². The van der Waals surface area contributed by atoms with Gasteiger partial charge in [-0.15, -0.1) is 0 Å². The van der Waals surface area contributed by atoms with E-state index in [-0.39, 0.29) is 0 Å². The van der Waals surface area contributed by atoms with Gasteiger partial charge in [0.15, 0.2) is 0 Å². The zero-order valence-corrected chi connectivity index (χ0v) is 17.7. The lowest BCUT2D eigenvalue weighted by atomic mass is 9.95. The predicted molar refractivity (Wildman–Crippen MR) is 111 cm³/mol. The molecule has 142 valence electrons. The second kappa shape index (κ2) is 7.70. The molecule has 0 radical (unpaired) electrons. The van der Waals surface area contributed by atoms with E-state index in [2.05, 4.69) is 23.5 Å². The molecule has 0 atom stereocenters. The molecule has 4 nitrogen and oxygen atoms in total.